The summed E-state index contributed by atoms with van der Waals surface area (Å²) in [4.78, 5) is 28.0. The van der Waals surface area contributed by atoms with Gasteiger partial charge in [0.2, 0.25) is 5.95 Å². The largest absolute Gasteiger partial charge is 0.508 e. The highest BCUT2D eigenvalue weighted by Crippen LogP contribution is 2.43. The number of hydrogen-bond acceptors (Lipinski definition) is 7. The third-order valence-corrected chi connectivity index (χ3v) is 8.11. The Balaban J connectivity index is 1.46. The summed E-state index contributed by atoms with van der Waals surface area (Å²) in [5.41, 5.74) is 0.899. The highest BCUT2D eigenvalue weighted by Gasteiger charge is 2.38. The lowest BCUT2D eigenvalue weighted by molar-refractivity contribution is 0.00799. The molecule has 1 amide bonds. The predicted molar refractivity (Wildman–Crippen MR) is 159 cm³/mol. The number of halogens is 2. The summed E-state index contributed by atoms with van der Waals surface area (Å²) in [6.07, 6.45) is -0.383. The fourth-order valence-electron chi connectivity index (χ4n) is 5.48. The minimum atomic E-state index is -0.597. The Morgan fingerprint density at radius 3 is 2.46 bits per heavy atom. The minimum absolute atomic E-state index is 0.0188. The van der Waals surface area contributed by atoms with Gasteiger partial charge in [-0.05, 0) is 69.4 Å². The van der Waals surface area contributed by atoms with Crippen LogP contribution in [0, 0.1) is 5.82 Å². The van der Waals surface area contributed by atoms with Crippen LogP contribution in [0.5, 0.6) is 5.75 Å². The lowest BCUT2D eigenvalue weighted by Crippen LogP contribution is -2.58. The number of hydrogen-bond donors (Lipinski definition) is 1. The number of benzene rings is 3. The van der Waals surface area contributed by atoms with Crippen molar-refractivity contribution >= 4 is 45.3 Å². The van der Waals surface area contributed by atoms with Crippen LogP contribution in [0.25, 0.3) is 32.8 Å². The molecule has 1 aromatic heterocycles. The number of anilines is 1. The topological polar surface area (TPSA) is 82.0 Å². The number of rotatable bonds is 4. The van der Waals surface area contributed by atoms with Gasteiger partial charge in [0.15, 0.2) is 5.82 Å². The Labute approximate surface area is 243 Å². The molecule has 8 nitrogen and oxygen atoms in total. The average molecular weight is 578 g/mol. The minimum Gasteiger partial charge on any atom is -0.508 e. The standard InChI is InChI=1S/C31H33ClFN5O3/c1-31(2,3)41-30(40)38-13-18(14-38)27-23-12-24(32)25(22-11-20(39)10-17-8-6-7-9-21(17)22)26(33)28(23)35-29(34-27)37-15-19(16-37)36(4)5/h6-12,18-19,39H,13-16H2,1-5H3. The van der Waals surface area contributed by atoms with Crippen LogP contribution in [-0.4, -0.2) is 82.9 Å². The Bertz CT molecular complexity index is 1680. The number of ether oxygens (including phenoxy) is 1. The quantitative estimate of drug-likeness (QED) is 0.317. The molecular formula is C31H33ClFN5O3. The van der Waals surface area contributed by atoms with Gasteiger partial charge < -0.3 is 24.5 Å². The summed E-state index contributed by atoms with van der Waals surface area (Å²) in [6.45, 7) is 7.76. The molecule has 41 heavy (non-hydrogen) atoms. The van der Waals surface area contributed by atoms with E-state index in [0.717, 1.165) is 23.9 Å². The van der Waals surface area contributed by atoms with Crippen molar-refractivity contribution in [3.8, 4) is 16.9 Å². The van der Waals surface area contributed by atoms with Gasteiger partial charge in [-0.25, -0.2) is 19.2 Å². The van der Waals surface area contributed by atoms with Gasteiger partial charge in [-0.15, -0.1) is 0 Å². The number of aromatic hydroxyl groups is 1. The second-order valence-corrected chi connectivity index (χ2v) is 12.6. The molecule has 0 bridgehead atoms. The van der Waals surface area contributed by atoms with Gasteiger partial charge in [0.1, 0.15) is 16.9 Å². The van der Waals surface area contributed by atoms with E-state index in [-0.39, 0.29) is 33.9 Å². The number of amides is 1. The van der Waals surface area contributed by atoms with E-state index in [1.807, 2.05) is 64.0 Å². The second-order valence-electron chi connectivity index (χ2n) is 12.2. The van der Waals surface area contributed by atoms with Crippen LogP contribution in [0.1, 0.15) is 32.4 Å². The molecule has 3 heterocycles. The van der Waals surface area contributed by atoms with Crippen molar-refractivity contribution in [2.75, 3.05) is 45.2 Å². The molecule has 0 atom stereocenters. The molecule has 3 aromatic carbocycles. The first kappa shape index (κ1) is 27.5. The van der Waals surface area contributed by atoms with Crippen molar-refractivity contribution in [1.82, 2.24) is 19.8 Å². The van der Waals surface area contributed by atoms with Crippen molar-refractivity contribution in [3.05, 3.63) is 59.0 Å². The van der Waals surface area contributed by atoms with Crippen LogP contribution < -0.4 is 4.90 Å². The molecule has 2 fully saturated rings. The van der Waals surface area contributed by atoms with Gasteiger partial charge >= 0.3 is 6.09 Å². The number of carbonyl (C=O) groups is 1. The molecule has 1 N–H and O–H groups in total. The van der Waals surface area contributed by atoms with E-state index in [1.165, 1.54) is 6.07 Å². The maximum Gasteiger partial charge on any atom is 0.410 e. The van der Waals surface area contributed by atoms with Gasteiger partial charge in [-0.2, -0.15) is 0 Å². The summed E-state index contributed by atoms with van der Waals surface area (Å²) >= 11 is 6.80. The maximum atomic E-state index is 16.6. The van der Waals surface area contributed by atoms with E-state index >= 15 is 4.39 Å². The number of likely N-dealkylation sites (N-methyl/N-ethyl adjacent to an activating group) is 1. The normalized spacial score (nSPS) is 16.4. The van der Waals surface area contributed by atoms with Gasteiger partial charge in [-0.3, -0.25) is 0 Å². The summed E-state index contributed by atoms with van der Waals surface area (Å²) in [5, 5.41) is 12.7. The third-order valence-electron chi connectivity index (χ3n) is 7.81. The van der Waals surface area contributed by atoms with E-state index in [2.05, 4.69) is 4.90 Å². The molecule has 6 rings (SSSR count). The second kappa shape index (κ2) is 9.99. The first-order chi connectivity index (χ1) is 19.4. The Morgan fingerprint density at radius 1 is 1.07 bits per heavy atom. The van der Waals surface area contributed by atoms with E-state index in [0.29, 0.717) is 41.7 Å². The van der Waals surface area contributed by atoms with Crippen LogP contribution in [0.3, 0.4) is 0 Å². The van der Waals surface area contributed by atoms with Crippen LogP contribution in [0.15, 0.2) is 42.5 Å². The van der Waals surface area contributed by atoms with Crippen molar-refractivity contribution in [1.29, 1.82) is 0 Å². The van der Waals surface area contributed by atoms with Gasteiger partial charge in [0.25, 0.3) is 0 Å². The highest BCUT2D eigenvalue weighted by atomic mass is 35.5. The summed E-state index contributed by atoms with van der Waals surface area (Å²) < 4.78 is 22.2. The maximum absolute atomic E-state index is 16.6. The fourth-order valence-corrected chi connectivity index (χ4v) is 5.77. The van der Waals surface area contributed by atoms with Crippen molar-refractivity contribution in [3.63, 3.8) is 0 Å². The Hall–Kier alpha value is -3.69. The molecule has 0 radical (unpaired) electrons. The van der Waals surface area contributed by atoms with E-state index < -0.39 is 11.4 Å². The Morgan fingerprint density at radius 2 is 1.78 bits per heavy atom. The number of phenolic OH excluding ortho intramolecular Hbond substituents is 1. The van der Waals surface area contributed by atoms with Gasteiger partial charge in [-0.1, -0.05) is 35.9 Å². The molecule has 2 aliphatic heterocycles. The lowest BCUT2D eigenvalue weighted by atomic mass is 9.91. The van der Waals surface area contributed by atoms with Crippen LogP contribution in [0.4, 0.5) is 15.1 Å². The molecular weight excluding hydrogens is 545 g/mol. The zero-order valence-electron chi connectivity index (χ0n) is 23.8. The number of phenols is 1. The summed E-state index contributed by atoms with van der Waals surface area (Å²) in [5.74, 6) is -0.221. The van der Waals surface area contributed by atoms with Crippen LogP contribution in [-0.2, 0) is 4.74 Å². The van der Waals surface area contributed by atoms with E-state index in [1.54, 1.807) is 17.0 Å². The van der Waals surface area contributed by atoms with E-state index in [4.69, 9.17) is 26.3 Å². The molecule has 0 spiro atoms. The smallest absolute Gasteiger partial charge is 0.410 e. The van der Waals surface area contributed by atoms with Crippen LogP contribution in [0.2, 0.25) is 5.02 Å². The lowest BCUT2D eigenvalue weighted by Gasteiger charge is -2.43. The monoisotopic (exact) mass is 577 g/mol. The predicted octanol–water partition coefficient (Wildman–Crippen LogP) is 6.03. The van der Waals surface area contributed by atoms with Crippen LogP contribution >= 0.6 is 11.6 Å². The fraction of sp³-hybridized carbons (Fsp3) is 0.387. The van der Waals surface area contributed by atoms with Gasteiger partial charge in [0.05, 0.1) is 10.7 Å². The van der Waals surface area contributed by atoms with E-state index in [9.17, 15) is 9.90 Å². The average Bonchev–Trinajstić information content (AvgIpc) is 2.81. The SMILES string of the molecule is CN(C)C1CN(c2nc(C3CN(C(=O)OC(C)(C)C)C3)c3cc(Cl)c(-c4cc(O)cc5ccccc45)c(F)c3n2)C1. The first-order valence-corrected chi connectivity index (χ1v) is 14.1. The molecule has 2 saturated heterocycles. The molecule has 214 valence electrons. The van der Waals surface area contributed by atoms with Crippen molar-refractivity contribution in [2.45, 2.75) is 38.3 Å². The number of fused-ring (bicyclic) bond motifs is 2. The zero-order chi connectivity index (χ0) is 29.2. The highest BCUT2D eigenvalue weighted by molar-refractivity contribution is 6.34. The molecule has 2 aliphatic rings. The summed E-state index contributed by atoms with van der Waals surface area (Å²) in [7, 11) is 4.06. The number of carbonyl (C=O) groups excluding carboxylic acids is 1. The van der Waals surface area contributed by atoms with Gasteiger partial charge in [0, 0.05) is 49.1 Å². The summed E-state index contributed by atoms with van der Waals surface area (Å²) in [6, 6.07) is 12.7. The Kier molecular flexibility index (Phi) is 6.70. The number of aromatic nitrogens is 2. The molecule has 0 saturated carbocycles. The zero-order valence-corrected chi connectivity index (χ0v) is 24.5. The number of nitrogens with zero attached hydrogens (tertiary/aromatic N) is 5. The molecule has 4 aromatic rings. The first-order valence-electron chi connectivity index (χ1n) is 13.7. The molecule has 0 unspecified atom stereocenters. The molecule has 10 heteroatoms. The molecule has 0 aliphatic carbocycles. The third kappa shape index (κ3) is 5.02. The number of likely N-dealkylation sites (tertiary alicyclic amines) is 1. The van der Waals surface area contributed by atoms with Crippen molar-refractivity contribution in [2.24, 2.45) is 0 Å². The van der Waals surface area contributed by atoms with Crippen molar-refractivity contribution < 1.29 is 19.0 Å².